The standard InChI is InChI=1S/C9H9N9O2/c19-9(20)5-17-4-6(11-15-17)3-10-7-1-2-8-12-14-16-18(8)13-7/h1-2,4H,3,5H2,(H,10,13)(H,19,20). The second-order valence-electron chi connectivity index (χ2n) is 3.90. The molecule has 3 aromatic heterocycles. The Labute approximate surface area is 111 Å². The molecule has 3 heterocycles. The molecule has 0 bridgehead atoms. The molecule has 3 aromatic rings. The summed E-state index contributed by atoms with van der Waals surface area (Å²) in [7, 11) is 0. The molecule has 0 spiro atoms. The van der Waals surface area contributed by atoms with Crippen molar-refractivity contribution in [3.63, 3.8) is 0 Å². The van der Waals surface area contributed by atoms with E-state index in [-0.39, 0.29) is 6.54 Å². The number of aliphatic carboxylic acids is 1. The molecule has 2 N–H and O–H groups in total. The Hall–Kier alpha value is -3.11. The Balaban J connectivity index is 1.66. The van der Waals surface area contributed by atoms with E-state index >= 15 is 0 Å². The molecule has 0 radical (unpaired) electrons. The van der Waals surface area contributed by atoms with Crippen molar-refractivity contribution in [2.24, 2.45) is 0 Å². The lowest BCUT2D eigenvalue weighted by molar-refractivity contribution is -0.137. The molecule has 0 saturated heterocycles. The van der Waals surface area contributed by atoms with Crippen molar-refractivity contribution in [2.75, 3.05) is 5.32 Å². The van der Waals surface area contributed by atoms with Gasteiger partial charge in [-0.15, -0.1) is 19.9 Å². The summed E-state index contributed by atoms with van der Waals surface area (Å²) < 4.78 is 2.54. The van der Waals surface area contributed by atoms with Crippen molar-refractivity contribution in [2.45, 2.75) is 13.1 Å². The summed E-state index contributed by atoms with van der Waals surface area (Å²) >= 11 is 0. The zero-order valence-corrected chi connectivity index (χ0v) is 10.1. The van der Waals surface area contributed by atoms with Gasteiger partial charge in [0, 0.05) is 0 Å². The molecule has 0 fully saturated rings. The largest absolute Gasteiger partial charge is 0.480 e. The molecule has 11 heteroatoms. The minimum Gasteiger partial charge on any atom is -0.480 e. The van der Waals surface area contributed by atoms with Crippen LogP contribution in [0.1, 0.15) is 5.69 Å². The van der Waals surface area contributed by atoms with Gasteiger partial charge in [0.25, 0.3) is 0 Å². The van der Waals surface area contributed by atoms with E-state index in [1.807, 2.05) is 0 Å². The van der Waals surface area contributed by atoms with Crippen LogP contribution in [0.25, 0.3) is 5.65 Å². The van der Waals surface area contributed by atoms with Crippen LogP contribution >= 0.6 is 0 Å². The van der Waals surface area contributed by atoms with E-state index in [4.69, 9.17) is 5.11 Å². The number of nitrogens with one attached hydrogen (secondary N) is 1. The first-order chi connectivity index (χ1) is 9.70. The van der Waals surface area contributed by atoms with Gasteiger partial charge in [0.15, 0.2) is 5.65 Å². The molecule has 11 nitrogen and oxygen atoms in total. The normalized spacial score (nSPS) is 10.8. The van der Waals surface area contributed by atoms with Crippen LogP contribution < -0.4 is 5.32 Å². The smallest absolute Gasteiger partial charge is 0.325 e. The monoisotopic (exact) mass is 275 g/mol. The van der Waals surface area contributed by atoms with E-state index in [2.05, 4.69) is 36.3 Å². The van der Waals surface area contributed by atoms with Crippen LogP contribution in [0.4, 0.5) is 5.82 Å². The van der Waals surface area contributed by atoms with E-state index in [9.17, 15) is 4.79 Å². The Bertz CT molecular complexity index is 749. The molecule has 0 aromatic carbocycles. The Kier molecular flexibility index (Phi) is 2.91. The summed E-state index contributed by atoms with van der Waals surface area (Å²) in [5, 5.41) is 34.2. The number of carboxylic acids is 1. The van der Waals surface area contributed by atoms with Gasteiger partial charge >= 0.3 is 5.97 Å². The second-order valence-corrected chi connectivity index (χ2v) is 3.90. The number of hydrogen-bond acceptors (Lipinski definition) is 8. The van der Waals surface area contributed by atoms with Crippen LogP contribution in [0.5, 0.6) is 0 Å². The van der Waals surface area contributed by atoms with Crippen LogP contribution in [0.2, 0.25) is 0 Å². The number of aromatic nitrogens is 8. The number of carboxylic acid groups (broad SMARTS) is 1. The predicted octanol–water partition coefficient (Wildman–Crippen LogP) is -1.19. The number of fused-ring (bicyclic) bond motifs is 1. The molecule has 20 heavy (non-hydrogen) atoms. The third-order valence-corrected chi connectivity index (χ3v) is 2.40. The minimum absolute atomic E-state index is 0.220. The lowest BCUT2D eigenvalue weighted by atomic mass is 10.4. The lowest BCUT2D eigenvalue weighted by Crippen LogP contribution is -2.09. The zero-order valence-electron chi connectivity index (χ0n) is 10.1. The summed E-state index contributed by atoms with van der Waals surface area (Å²) in [6.07, 6.45) is 1.55. The third kappa shape index (κ3) is 2.50. The third-order valence-electron chi connectivity index (χ3n) is 2.40. The predicted molar refractivity (Wildman–Crippen MR) is 63.6 cm³/mol. The summed E-state index contributed by atoms with van der Waals surface area (Å²) in [4.78, 5) is 10.5. The van der Waals surface area contributed by atoms with E-state index in [1.54, 1.807) is 18.3 Å². The minimum atomic E-state index is -0.972. The average Bonchev–Trinajstić information content (AvgIpc) is 3.03. The maximum Gasteiger partial charge on any atom is 0.325 e. The van der Waals surface area contributed by atoms with Crippen molar-refractivity contribution in [1.29, 1.82) is 0 Å². The molecular formula is C9H9N9O2. The number of tetrazole rings is 1. The molecular weight excluding hydrogens is 266 g/mol. The SMILES string of the molecule is O=C(O)Cn1cc(CNc2ccc3nnnn3n2)nn1. The fraction of sp³-hybridized carbons (Fsp3) is 0.222. The van der Waals surface area contributed by atoms with Gasteiger partial charge < -0.3 is 10.4 Å². The van der Waals surface area contributed by atoms with Gasteiger partial charge in [0.05, 0.1) is 12.7 Å². The summed E-state index contributed by atoms with van der Waals surface area (Å²) in [5.41, 5.74) is 1.15. The summed E-state index contributed by atoms with van der Waals surface area (Å²) in [5.74, 6) is -0.405. The zero-order chi connectivity index (χ0) is 13.9. The number of hydrogen-bond donors (Lipinski definition) is 2. The van der Waals surface area contributed by atoms with Crippen LogP contribution in [0.15, 0.2) is 18.3 Å². The number of nitrogens with zero attached hydrogens (tertiary/aromatic N) is 8. The van der Waals surface area contributed by atoms with Gasteiger partial charge in [0.2, 0.25) is 0 Å². The highest BCUT2D eigenvalue weighted by atomic mass is 16.4. The van der Waals surface area contributed by atoms with Crippen LogP contribution in [0, 0.1) is 0 Å². The summed E-state index contributed by atoms with van der Waals surface area (Å²) in [6.45, 7) is 0.141. The molecule has 0 unspecified atom stereocenters. The van der Waals surface area contributed by atoms with E-state index in [0.29, 0.717) is 23.7 Å². The number of anilines is 1. The topological polar surface area (TPSA) is 136 Å². The van der Waals surface area contributed by atoms with Gasteiger partial charge in [-0.2, -0.15) is 0 Å². The Morgan fingerprint density at radius 2 is 2.20 bits per heavy atom. The lowest BCUT2D eigenvalue weighted by Gasteiger charge is -2.01. The van der Waals surface area contributed by atoms with Gasteiger partial charge in [-0.3, -0.25) is 4.79 Å². The van der Waals surface area contributed by atoms with Crippen molar-refractivity contribution < 1.29 is 9.90 Å². The first-order valence-corrected chi connectivity index (χ1v) is 5.61. The number of rotatable bonds is 5. The van der Waals surface area contributed by atoms with Crippen LogP contribution in [0.3, 0.4) is 0 Å². The van der Waals surface area contributed by atoms with Crippen molar-refractivity contribution >= 4 is 17.4 Å². The fourth-order valence-electron chi connectivity index (χ4n) is 1.56. The Morgan fingerprint density at radius 3 is 3.05 bits per heavy atom. The van der Waals surface area contributed by atoms with E-state index in [0.717, 1.165) is 0 Å². The van der Waals surface area contributed by atoms with Crippen molar-refractivity contribution in [3.8, 4) is 0 Å². The average molecular weight is 275 g/mol. The highest BCUT2D eigenvalue weighted by Crippen LogP contribution is 2.05. The van der Waals surface area contributed by atoms with Crippen molar-refractivity contribution in [3.05, 3.63) is 24.0 Å². The first-order valence-electron chi connectivity index (χ1n) is 5.61. The van der Waals surface area contributed by atoms with Crippen molar-refractivity contribution in [1.82, 2.24) is 40.2 Å². The molecule has 0 amide bonds. The molecule has 102 valence electrons. The molecule has 0 aliphatic rings. The fourth-order valence-corrected chi connectivity index (χ4v) is 1.56. The van der Waals surface area contributed by atoms with Gasteiger partial charge in [-0.1, -0.05) is 5.21 Å². The second kappa shape index (κ2) is 4.87. The molecule has 0 aliphatic carbocycles. The molecule has 0 saturated carbocycles. The molecule has 0 atom stereocenters. The van der Waals surface area contributed by atoms with Crippen LogP contribution in [-0.2, 0) is 17.9 Å². The summed E-state index contributed by atoms with van der Waals surface area (Å²) in [6, 6.07) is 3.45. The maximum atomic E-state index is 10.5. The van der Waals surface area contributed by atoms with E-state index in [1.165, 1.54) is 9.31 Å². The Morgan fingerprint density at radius 1 is 1.30 bits per heavy atom. The van der Waals surface area contributed by atoms with Crippen LogP contribution in [-0.4, -0.2) is 51.3 Å². The molecule has 0 aliphatic heterocycles. The highest BCUT2D eigenvalue weighted by Gasteiger charge is 2.05. The quantitative estimate of drug-likeness (QED) is 0.588. The first kappa shape index (κ1) is 12.0. The number of carbonyl (C=O) groups is 1. The van der Waals surface area contributed by atoms with Gasteiger partial charge in [-0.05, 0) is 22.6 Å². The molecule has 3 rings (SSSR count). The van der Waals surface area contributed by atoms with Gasteiger partial charge in [0.1, 0.15) is 18.1 Å². The van der Waals surface area contributed by atoms with E-state index < -0.39 is 5.97 Å². The van der Waals surface area contributed by atoms with Gasteiger partial charge in [-0.25, -0.2) is 4.68 Å². The highest BCUT2D eigenvalue weighted by molar-refractivity contribution is 5.66. The maximum absolute atomic E-state index is 10.5.